The van der Waals surface area contributed by atoms with E-state index in [0.717, 1.165) is 6.42 Å². The van der Waals surface area contributed by atoms with Gasteiger partial charge in [0, 0.05) is 29.8 Å². The number of hydrogen-bond acceptors (Lipinski definition) is 4. The molecule has 0 spiro atoms. The molecule has 2 aromatic rings. The molecule has 8 heteroatoms. The fourth-order valence-corrected chi connectivity index (χ4v) is 2.52. The Hall–Kier alpha value is -2.41. The third kappa shape index (κ3) is 3.41. The van der Waals surface area contributed by atoms with Gasteiger partial charge in [-0.25, -0.2) is 4.98 Å². The van der Waals surface area contributed by atoms with Crippen LogP contribution in [0.3, 0.4) is 0 Å². The predicted molar refractivity (Wildman–Crippen MR) is 84.4 cm³/mol. The lowest BCUT2D eigenvalue weighted by atomic mass is 10.1. The Balaban J connectivity index is 1.84. The highest BCUT2D eigenvalue weighted by Crippen LogP contribution is 2.45. The first-order valence-electron chi connectivity index (χ1n) is 7.23. The molecule has 1 aromatic carbocycles. The summed E-state index contributed by atoms with van der Waals surface area (Å²) in [4.78, 5) is 15.7. The van der Waals surface area contributed by atoms with Crippen LogP contribution in [-0.2, 0) is 4.79 Å². The van der Waals surface area contributed by atoms with E-state index < -0.39 is 6.29 Å². The van der Waals surface area contributed by atoms with E-state index in [1.54, 1.807) is 12.1 Å². The number of nitrogens with one attached hydrogen (secondary N) is 1. The number of carbonyl (C=O) groups excluding carboxylic acids is 1. The van der Waals surface area contributed by atoms with Crippen LogP contribution in [0.1, 0.15) is 19.8 Å². The van der Waals surface area contributed by atoms with E-state index >= 15 is 0 Å². The van der Waals surface area contributed by atoms with Crippen LogP contribution in [0, 0.1) is 0 Å². The zero-order valence-corrected chi connectivity index (χ0v) is 13.4. The maximum Gasteiger partial charge on any atom is 0.586 e. The first kappa shape index (κ1) is 16.4. The van der Waals surface area contributed by atoms with Crippen LogP contribution < -0.4 is 14.8 Å². The molecule has 2 heterocycles. The van der Waals surface area contributed by atoms with Crippen molar-refractivity contribution in [3.05, 3.63) is 35.5 Å². The average Bonchev–Trinajstić information content (AvgIpc) is 2.80. The van der Waals surface area contributed by atoms with Crippen molar-refractivity contribution >= 4 is 23.3 Å². The van der Waals surface area contributed by atoms with Gasteiger partial charge in [0.1, 0.15) is 5.82 Å². The van der Waals surface area contributed by atoms with Crippen molar-refractivity contribution in [1.82, 2.24) is 4.98 Å². The van der Waals surface area contributed by atoms with Crippen molar-refractivity contribution in [2.75, 3.05) is 5.32 Å². The van der Waals surface area contributed by atoms with Crippen molar-refractivity contribution in [3.63, 3.8) is 0 Å². The van der Waals surface area contributed by atoms with E-state index in [1.165, 1.54) is 18.3 Å². The SMILES string of the molecule is CCCC(=O)Nc1ccc(-c2cc3c(cc2Cl)OC(F)(F)O3)cn1. The van der Waals surface area contributed by atoms with E-state index in [9.17, 15) is 13.6 Å². The van der Waals surface area contributed by atoms with E-state index in [-0.39, 0.29) is 22.4 Å². The molecule has 0 fully saturated rings. The molecule has 1 aromatic heterocycles. The highest BCUT2D eigenvalue weighted by molar-refractivity contribution is 6.33. The third-order valence-corrected chi connectivity index (χ3v) is 3.62. The largest absolute Gasteiger partial charge is 0.586 e. The topological polar surface area (TPSA) is 60.5 Å². The lowest BCUT2D eigenvalue weighted by Crippen LogP contribution is -2.25. The third-order valence-electron chi connectivity index (χ3n) is 3.31. The van der Waals surface area contributed by atoms with E-state index in [1.807, 2.05) is 6.92 Å². The summed E-state index contributed by atoms with van der Waals surface area (Å²) in [5, 5.41) is 2.88. The molecule has 3 rings (SSSR count). The van der Waals surface area contributed by atoms with Gasteiger partial charge in [-0.1, -0.05) is 18.5 Å². The number of amides is 1. The number of ether oxygens (including phenoxy) is 2. The standard InChI is InChI=1S/C16H13ClF2N2O3/c1-2-3-15(22)21-14-5-4-9(8-20-14)10-6-12-13(7-11(10)17)24-16(18,19)23-12/h4-8H,2-3H2,1H3,(H,20,21,22). The summed E-state index contributed by atoms with van der Waals surface area (Å²) >= 11 is 6.12. The second kappa shape index (κ2) is 6.24. The number of hydrogen-bond donors (Lipinski definition) is 1. The summed E-state index contributed by atoms with van der Waals surface area (Å²) in [6.07, 6.45) is -1.06. The van der Waals surface area contributed by atoms with Crippen molar-refractivity contribution in [1.29, 1.82) is 0 Å². The normalized spacial score (nSPS) is 14.5. The molecule has 126 valence electrons. The molecule has 0 radical (unpaired) electrons. The maximum absolute atomic E-state index is 13.1. The second-order valence-corrected chi connectivity index (χ2v) is 5.58. The smallest absolute Gasteiger partial charge is 0.395 e. The van der Waals surface area contributed by atoms with Crippen LogP contribution in [0.5, 0.6) is 11.5 Å². The maximum atomic E-state index is 13.1. The van der Waals surface area contributed by atoms with Gasteiger partial charge >= 0.3 is 6.29 Å². The molecule has 1 amide bonds. The monoisotopic (exact) mass is 354 g/mol. The zero-order chi connectivity index (χ0) is 17.3. The minimum absolute atomic E-state index is 0.0975. The molecule has 1 aliphatic rings. The van der Waals surface area contributed by atoms with Gasteiger partial charge in [0.25, 0.3) is 0 Å². The number of alkyl halides is 2. The molecule has 1 N–H and O–H groups in total. The number of rotatable bonds is 4. The molecular formula is C16H13ClF2N2O3. The molecule has 0 saturated heterocycles. The number of halogens is 3. The number of pyridine rings is 1. The fraction of sp³-hybridized carbons (Fsp3) is 0.250. The Morgan fingerprint density at radius 2 is 2.00 bits per heavy atom. The lowest BCUT2D eigenvalue weighted by molar-refractivity contribution is -0.286. The van der Waals surface area contributed by atoms with Crippen LogP contribution in [-0.4, -0.2) is 17.2 Å². The summed E-state index contributed by atoms with van der Waals surface area (Å²) < 4.78 is 35.0. The molecule has 24 heavy (non-hydrogen) atoms. The van der Waals surface area contributed by atoms with E-state index in [4.69, 9.17) is 11.6 Å². The summed E-state index contributed by atoms with van der Waals surface area (Å²) in [5.74, 6) is 0.0616. The van der Waals surface area contributed by atoms with Crippen LogP contribution >= 0.6 is 11.6 Å². The molecule has 0 unspecified atom stereocenters. The molecule has 5 nitrogen and oxygen atoms in total. The fourth-order valence-electron chi connectivity index (χ4n) is 2.25. The highest BCUT2D eigenvalue weighted by atomic mass is 35.5. The molecule has 1 aliphatic heterocycles. The minimum Gasteiger partial charge on any atom is -0.395 e. The van der Waals surface area contributed by atoms with Gasteiger partial charge in [0.05, 0.1) is 5.02 Å². The Labute approximate surface area is 141 Å². The number of benzene rings is 1. The van der Waals surface area contributed by atoms with Crippen molar-refractivity contribution in [2.45, 2.75) is 26.1 Å². The Morgan fingerprint density at radius 1 is 1.29 bits per heavy atom. The molecule has 0 bridgehead atoms. The molecule has 0 atom stereocenters. The predicted octanol–water partition coefficient (Wildman–Crippen LogP) is 4.46. The summed E-state index contributed by atoms with van der Waals surface area (Å²) in [6, 6.07) is 5.92. The highest BCUT2D eigenvalue weighted by Gasteiger charge is 2.43. The van der Waals surface area contributed by atoms with Crippen molar-refractivity contribution < 1.29 is 23.0 Å². The quantitative estimate of drug-likeness (QED) is 0.880. The summed E-state index contributed by atoms with van der Waals surface area (Å²) in [6.45, 7) is 1.90. The van der Waals surface area contributed by atoms with Gasteiger partial charge in [-0.3, -0.25) is 4.79 Å². The Morgan fingerprint density at radius 3 is 2.62 bits per heavy atom. The summed E-state index contributed by atoms with van der Waals surface area (Å²) in [7, 11) is 0. The van der Waals surface area contributed by atoms with Crippen molar-refractivity contribution in [2.24, 2.45) is 0 Å². The zero-order valence-electron chi connectivity index (χ0n) is 12.6. The van der Waals surface area contributed by atoms with Crippen LogP contribution in [0.15, 0.2) is 30.5 Å². The average molecular weight is 355 g/mol. The van der Waals surface area contributed by atoms with Gasteiger partial charge in [-0.15, -0.1) is 8.78 Å². The van der Waals surface area contributed by atoms with Crippen molar-refractivity contribution in [3.8, 4) is 22.6 Å². The Kier molecular flexibility index (Phi) is 4.28. The molecule has 0 saturated carbocycles. The van der Waals surface area contributed by atoms with Gasteiger partial charge in [-0.2, -0.15) is 0 Å². The second-order valence-electron chi connectivity index (χ2n) is 5.18. The lowest BCUT2D eigenvalue weighted by Gasteiger charge is -2.08. The number of aromatic nitrogens is 1. The number of nitrogens with zero attached hydrogens (tertiary/aromatic N) is 1. The summed E-state index contributed by atoms with van der Waals surface area (Å²) in [5.41, 5.74) is 1.06. The van der Waals surface area contributed by atoms with Gasteiger partial charge in [-0.05, 0) is 24.6 Å². The van der Waals surface area contributed by atoms with Gasteiger partial charge in [0.15, 0.2) is 11.5 Å². The number of carbonyl (C=O) groups is 1. The molecular weight excluding hydrogens is 342 g/mol. The molecule has 0 aliphatic carbocycles. The minimum atomic E-state index is -3.70. The number of fused-ring (bicyclic) bond motifs is 1. The van der Waals surface area contributed by atoms with Crippen LogP contribution in [0.2, 0.25) is 5.02 Å². The van der Waals surface area contributed by atoms with E-state index in [2.05, 4.69) is 19.8 Å². The number of anilines is 1. The van der Waals surface area contributed by atoms with Crippen LogP contribution in [0.4, 0.5) is 14.6 Å². The van der Waals surface area contributed by atoms with Gasteiger partial charge in [0.2, 0.25) is 5.91 Å². The van der Waals surface area contributed by atoms with Gasteiger partial charge < -0.3 is 14.8 Å². The van der Waals surface area contributed by atoms with Crippen LogP contribution in [0.25, 0.3) is 11.1 Å². The Bertz CT molecular complexity index is 782. The first-order valence-corrected chi connectivity index (χ1v) is 7.61. The van der Waals surface area contributed by atoms with E-state index in [0.29, 0.717) is 23.4 Å². The first-order chi connectivity index (χ1) is 11.4.